The summed E-state index contributed by atoms with van der Waals surface area (Å²) in [5.74, 6) is 0.333. The molecule has 0 radical (unpaired) electrons. The molecule has 1 aromatic carbocycles. The van der Waals surface area contributed by atoms with Gasteiger partial charge in [0, 0.05) is 11.6 Å². The van der Waals surface area contributed by atoms with E-state index in [0.29, 0.717) is 5.75 Å². The van der Waals surface area contributed by atoms with Gasteiger partial charge in [0.25, 0.3) is 0 Å². The Morgan fingerprint density at radius 1 is 1.07 bits per heavy atom. The standard InChI is InChI=1S/C12H9NO/c14-10-5-1-3-8-7-9-4-2-6-13-12(9)11(8)10/h1-7,13-14H. The van der Waals surface area contributed by atoms with Crippen LogP contribution in [-0.2, 0) is 0 Å². The molecule has 0 unspecified atom stereocenters. The topological polar surface area (TPSA) is 36.0 Å². The van der Waals surface area contributed by atoms with Crippen molar-refractivity contribution in [1.82, 2.24) is 4.98 Å². The second kappa shape index (κ2) is 2.51. The Hall–Kier alpha value is -1.96. The second-order valence-electron chi connectivity index (χ2n) is 3.39. The quantitative estimate of drug-likeness (QED) is 0.552. The third-order valence-corrected chi connectivity index (χ3v) is 2.52. The van der Waals surface area contributed by atoms with Gasteiger partial charge in [0.1, 0.15) is 5.75 Å². The molecule has 0 aromatic heterocycles. The van der Waals surface area contributed by atoms with E-state index in [2.05, 4.69) is 11.1 Å². The molecule has 0 saturated heterocycles. The monoisotopic (exact) mass is 183 g/mol. The molecule has 2 nitrogen and oxygen atoms in total. The number of aromatic hydroxyl groups is 1. The van der Waals surface area contributed by atoms with Crippen LogP contribution in [-0.4, -0.2) is 10.1 Å². The number of phenols is 1. The van der Waals surface area contributed by atoms with E-state index in [9.17, 15) is 5.11 Å². The number of benzene rings is 1. The third kappa shape index (κ3) is 0.852. The maximum absolute atomic E-state index is 9.74. The van der Waals surface area contributed by atoms with E-state index >= 15 is 0 Å². The average molecular weight is 183 g/mol. The first-order valence-corrected chi connectivity index (χ1v) is 4.54. The molecule has 2 N–H and O–H groups in total. The molecule has 1 aliphatic heterocycles. The molecule has 2 aliphatic rings. The molecule has 0 atom stereocenters. The highest BCUT2D eigenvalue weighted by molar-refractivity contribution is 6.04. The van der Waals surface area contributed by atoms with Crippen LogP contribution in [0.25, 0.3) is 22.0 Å². The molecule has 1 aliphatic carbocycles. The van der Waals surface area contributed by atoms with Gasteiger partial charge >= 0.3 is 0 Å². The van der Waals surface area contributed by atoms with Crippen molar-refractivity contribution in [2.45, 2.75) is 0 Å². The molecule has 0 fully saturated rings. The fourth-order valence-corrected chi connectivity index (χ4v) is 1.90. The number of nitrogens with one attached hydrogen (secondary N) is 1. The highest BCUT2D eigenvalue weighted by atomic mass is 16.3. The zero-order valence-corrected chi connectivity index (χ0v) is 7.49. The van der Waals surface area contributed by atoms with Crippen LogP contribution in [0.1, 0.15) is 0 Å². The summed E-state index contributed by atoms with van der Waals surface area (Å²) >= 11 is 0. The van der Waals surface area contributed by atoms with Crippen LogP contribution in [0.5, 0.6) is 5.75 Å². The normalized spacial score (nSPS) is 11.1. The van der Waals surface area contributed by atoms with Gasteiger partial charge in [-0.05, 0) is 29.1 Å². The Morgan fingerprint density at radius 2 is 2.00 bits per heavy atom. The first-order chi connectivity index (χ1) is 6.86. The number of hydrogen-bond donors (Lipinski definition) is 2. The van der Waals surface area contributed by atoms with Crippen LogP contribution in [0, 0.1) is 0 Å². The van der Waals surface area contributed by atoms with Gasteiger partial charge in [-0.1, -0.05) is 18.2 Å². The van der Waals surface area contributed by atoms with Gasteiger partial charge in [0.05, 0.1) is 5.69 Å². The van der Waals surface area contributed by atoms with Crippen molar-refractivity contribution in [3.63, 3.8) is 0 Å². The molecule has 1 heterocycles. The van der Waals surface area contributed by atoms with Gasteiger partial charge in [-0.25, -0.2) is 0 Å². The Balaban J connectivity index is 2.58. The van der Waals surface area contributed by atoms with Crippen LogP contribution in [0.4, 0.5) is 0 Å². The number of rotatable bonds is 0. The zero-order valence-electron chi connectivity index (χ0n) is 7.49. The van der Waals surface area contributed by atoms with Crippen LogP contribution in [0.3, 0.4) is 0 Å². The van der Waals surface area contributed by atoms with Gasteiger partial charge < -0.3 is 10.1 Å². The van der Waals surface area contributed by atoms with Gasteiger partial charge in [-0.15, -0.1) is 0 Å². The SMILES string of the molecule is Oc1cccc2cc3ccc[nH]c-3c12. The summed E-state index contributed by atoms with van der Waals surface area (Å²) in [6.45, 7) is 0. The van der Waals surface area contributed by atoms with Crippen molar-refractivity contribution < 1.29 is 5.11 Å². The Morgan fingerprint density at radius 3 is 2.93 bits per heavy atom. The van der Waals surface area contributed by atoms with Crippen molar-refractivity contribution in [1.29, 1.82) is 0 Å². The summed E-state index contributed by atoms with van der Waals surface area (Å²) in [6, 6.07) is 11.6. The summed E-state index contributed by atoms with van der Waals surface area (Å²) in [6.07, 6.45) is 1.87. The number of pyridine rings is 1. The highest BCUT2D eigenvalue weighted by Gasteiger charge is 2.11. The maximum Gasteiger partial charge on any atom is 0.125 e. The molecular weight excluding hydrogens is 174 g/mol. The van der Waals surface area contributed by atoms with Crippen molar-refractivity contribution in [2.24, 2.45) is 0 Å². The number of phenolic OH excluding ortho intramolecular Hbond substituents is 1. The van der Waals surface area contributed by atoms with Crippen LogP contribution >= 0.6 is 0 Å². The molecular formula is C12H9NO. The molecule has 14 heavy (non-hydrogen) atoms. The lowest BCUT2D eigenvalue weighted by atomic mass is 10.2. The molecule has 0 bridgehead atoms. The molecule has 0 saturated carbocycles. The third-order valence-electron chi connectivity index (χ3n) is 2.52. The number of aromatic nitrogens is 1. The molecule has 2 heteroatoms. The largest absolute Gasteiger partial charge is 0.507 e. The first-order valence-electron chi connectivity index (χ1n) is 4.54. The molecule has 1 aromatic rings. The van der Waals surface area contributed by atoms with E-state index < -0.39 is 0 Å². The summed E-state index contributed by atoms with van der Waals surface area (Å²) < 4.78 is 0. The number of fused-ring (bicyclic) bond motifs is 3. The van der Waals surface area contributed by atoms with E-state index in [4.69, 9.17) is 0 Å². The maximum atomic E-state index is 9.74. The summed E-state index contributed by atoms with van der Waals surface area (Å²) in [5, 5.41) is 11.7. The number of hydrogen-bond acceptors (Lipinski definition) is 1. The molecule has 3 rings (SSSR count). The Bertz CT molecular complexity index is 568. The minimum Gasteiger partial charge on any atom is -0.507 e. The summed E-state index contributed by atoms with van der Waals surface area (Å²) in [5.41, 5.74) is 2.13. The Labute approximate surface area is 81.2 Å². The fraction of sp³-hybridized carbons (Fsp3) is 0. The van der Waals surface area contributed by atoms with Gasteiger partial charge in [0.2, 0.25) is 0 Å². The Kier molecular flexibility index (Phi) is 1.34. The number of aromatic amines is 1. The minimum atomic E-state index is 0.333. The first kappa shape index (κ1) is 7.44. The smallest absolute Gasteiger partial charge is 0.125 e. The van der Waals surface area contributed by atoms with Gasteiger partial charge in [0.15, 0.2) is 0 Å². The zero-order chi connectivity index (χ0) is 9.54. The molecule has 0 spiro atoms. The van der Waals surface area contributed by atoms with E-state index in [1.165, 1.54) is 0 Å². The van der Waals surface area contributed by atoms with Crippen molar-refractivity contribution >= 4 is 10.8 Å². The highest BCUT2D eigenvalue weighted by Crippen LogP contribution is 2.37. The van der Waals surface area contributed by atoms with E-state index in [1.54, 1.807) is 6.07 Å². The van der Waals surface area contributed by atoms with Gasteiger partial charge in [-0.3, -0.25) is 0 Å². The second-order valence-corrected chi connectivity index (χ2v) is 3.39. The molecule has 0 amide bonds. The lowest BCUT2D eigenvalue weighted by molar-refractivity contribution is 0.482. The van der Waals surface area contributed by atoms with E-state index in [1.807, 2.05) is 30.5 Å². The van der Waals surface area contributed by atoms with E-state index in [-0.39, 0.29) is 0 Å². The predicted molar refractivity (Wildman–Crippen MR) is 56.6 cm³/mol. The molecule has 68 valence electrons. The number of H-pyrrole nitrogens is 1. The van der Waals surface area contributed by atoms with Crippen molar-refractivity contribution in [3.05, 3.63) is 42.6 Å². The van der Waals surface area contributed by atoms with Crippen LogP contribution in [0.2, 0.25) is 0 Å². The lowest BCUT2D eigenvalue weighted by Gasteiger charge is -1.99. The van der Waals surface area contributed by atoms with Crippen LogP contribution < -0.4 is 0 Å². The average Bonchev–Trinajstić information content (AvgIpc) is 2.57. The van der Waals surface area contributed by atoms with Crippen molar-refractivity contribution in [2.75, 3.05) is 0 Å². The van der Waals surface area contributed by atoms with Crippen LogP contribution in [0.15, 0.2) is 42.6 Å². The lowest BCUT2D eigenvalue weighted by Crippen LogP contribution is -1.78. The summed E-state index contributed by atoms with van der Waals surface area (Å²) in [4.78, 5) is 3.15. The fourth-order valence-electron chi connectivity index (χ4n) is 1.90. The van der Waals surface area contributed by atoms with Crippen molar-refractivity contribution in [3.8, 4) is 17.0 Å². The minimum absolute atomic E-state index is 0.333. The van der Waals surface area contributed by atoms with E-state index in [0.717, 1.165) is 22.0 Å². The van der Waals surface area contributed by atoms with Gasteiger partial charge in [-0.2, -0.15) is 0 Å². The summed E-state index contributed by atoms with van der Waals surface area (Å²) in [7, 11) is 0. The predicted octanol–water partition coefficient (Wildman–Crippen LogP) is 2.98.